The molecule has 1 spiro atoms. The first-order valence-corrected chi connectivity index (χ1v) is 8.02. The molecule has 2 saturated heterocycles. The summed E-state index contributed by atoms with van der Waals surface area (Å²) in [5.41, 5.74) is -0.0227. The second-order valence-corrected chi connectivity index (χ2v) is 6.17. The standard InChI is InChI=1S/C16H20N6O/c1-4-19-15(20-5-1)22-8-2-16(3-9-22)10-13(12-23-16)21-14-11-17-6-7-18-14/h1,4-7,11,13H,2-3,8-10,12H2,(H,18,21). The number of anilines is 2. The molecule has 2 aliphatic heterocycles. The van der Waals surface area contributed by atoms with Crippen LogP contribution in [0.4, 0.5) is 11.8 Å². The van der Waals surface area contributed by atoms with Crippen LogP contribution in [-0.4, -0.2) is 51.3 Å². The van der Waals surface area contributed by atoms with Crippen LogP contribution in [0.1, 0.15) is 19.3 Å². The van der Waals surface area contributed by atoms with Gasteiger partial charge in [0.15, 0.2) is 0 Å². The fourth-order valence-corrected chi connectivity index (χ4v) is 3.44. The van der Waals surface area contributed by atoms with Gasteiger partial charge in [-0.2, -0.15) is 0 Å². The molecule has 1 atom stereocenters. The van der Waals surface area contributed by atoms with Gasteiger partial charge in [0.2, 0.25) is 5.95 Å². The number of hydrogen-bond donors (Lipinski definition) is 1. The Bertz CT molecular complexity index is 630. The van der Waals surface area contributed by atoms with Crippen molar-refractivity contribution in [3.8, 4) is 0 Å². The molecule has 0 aliphatic carbocycles. The maximum absolute atomic E-state index is 6.17. The summed E-state index contributed by atoms with van der Waals surface area (Å²) in [5, 5.41) is 3.42. The minimum Gasteiger partial charge on any atom is -0.373 e. The Morgan fingerprint density at radius 1 is 1.09 bits per heavy atom. The van der Waals surface area contributed by atoms with Crippen molar-refractivity contribution in [2.24, 2.45) is 0 Å². The number of nitrogens with one attached hydrogen (secondary N) is 1. The predicted molar refractivity (Wildman–Crippen MR) is 86.2 cm³/mol. The van der Waals surface area contributed by atoms with E-state index in [1.807, 2.05) is 6.07 Å². The lowest BCUT2D eigenvalue weighted by Crippen LogP contribution is -2.45. The Kier molecular flexibility index (Phi) is 3.78. The van der Waals surface area contributed by atoms with E-state index in [0.29, 0.717) is 6.04 Å². The second kappa shape index (κ2) is 6.08. The molecular weight excluding hydrogens is 292 g/mol. The molecule has 0 saturated carbocycles. The van der Waals surface area contributed by atoms with Crippen LogP contribution < -0.4 is 10.2 Å². The molecule has 1 unspecified atom stereocenters. The number of piperidine rings is 1. The molecular formula is C16H20N6O. The maximum Gasteiger partial charge on any atom is 0.225 e. The van der Waals surface area contributed by atoms with E-state index in [1.54, 1.807) is 31.0 Å². The zero-order valence-electron chi connectivity index (χ0n) is 12.9. The smallest absolute Gasteiger partial charge is 0.225 e. The number of ether oxygens (including phenoxy) is 1. The van der Waals surface area contributed by atoms with Gasteiger partial charge in [-0.25, -0.2) is 15.0 Å². The first-order chi connectivity index (χ1) is 11.3. The fraction of sp³-hybridized carbons (Fsp3) is 0.500. The van der Waals surface area contributed by atoms with Crippen LogP contribution in [0.3, 0.4) is 0 Å². The van der Waals surface area contributed by atoms with Gasteiger partial charge in [-0.3, -0.25) is 4.98 Å². The first-order valence-electron chi connectivity index (χ1n) is 8.02. The molecule has 1 N–H and O–H groups in total. The van der Waals surface area contributed by atoms with Crippen LogP contribution in [0.2, 0.25) is 0 Å². The van der Waals surface area contributed by atoms with Crippen LogP contribution in [0.25, 0.3) is 0 Å². The summed E-state index contributed by atoms with van der Waals surface area (Å²) in [7, 11) is 0. The minimum atomic E-state index is -0.0227. The summed E-state index contributed by atoms with van der Waals surface area (Å²) in [5.74, 6) is 1.63. The van der Waals surface area contributed by atoms with E-state index in [1.165, 1.54) is 0 Å². The second-order valence-electron chi connectivity index (χ2n) is 6.17. The molecule has 2 aromatic rings. The van der Waals surface area contributed by atoms with E-state index < -0.39 is 0 Å². The quantitative estimate of drug-likeness (QED) is 0.920. The molecule has 23 heavy (non-hydrogen) atoms. The predicted octanol–water partition coefficient (Wildman–Crippen LogP) is 1.51. The molecule has 4 rings (SSSR count). The topological polar surface area (TPSA) is 76.1 Å². The molecule has 7 heteroatoms. The van der Waals surface area contributed by atoms with Crippen LogP contribution in [0.15, 0.2) is 37.1 Å². The lowest BCUT2D eigenvalue weighted by molar-refractivity contribution is -0.0149. The summed E-state index contributed by atoms with van der Waals surface area (Å²) in [6, 6.07) is 2.14. The zero-order chi connectivity index (χ0) is 15.5. The van der Waals surface area contributed by atoms with Gasteiger partial charge < -0.3 is 15.0 Å². The summed E-state index contributed by atoms with van der Waals surface area (Å²) < 4.78 is 6.17. The highest BCUT2D eigenvalue weighted by molar-refractivity contribution is 5.33. The lowest BCUT2D eigenvalue weighted by atomic mass is 9.87. The van der Waals surface area contributed by atoms with Crippen LogP contribution in [0.5, 0.6) is 0 Å². The van der Waals surface area contributed by atoms with Crippen molar-refractivity contribution in [3.05, 3.63) is 37.1 Å². The molecule has 0 bridgehead atoms. The number of rotatable bonds is 3. The van der Waals surface area contributed by atoms with Crippen molar-refractivity contribution in [2.75, 3.05) is 29.9 Å². The number of aromatic nitrogens is 4. The fourth-order valence-electron chi connectivity index (χ4n) is 3.44. The normalized spacial score (nSPS) is 23.1. The largest absolute Gasteiger partial charge is 0.373 e. The van der Waals surface area contributed by atoms with Gasteiger partial charge in [0.1, 0.15) is 5.82 Å². The van der Waals surface area contributed by atoms with Crippen LogP contribution in [-0.2, 0) is 4.74 Å². The van der Waals surface area contributed by atoms with E-state index in [2.05, 4.69) is 30.2 Å². The van der Waals surface area contributed by atoms with Crippen molar-refractivity contribution >= 4 is 11.8 Å². The summed E-state index contributed by atoms with van der Waals surface area (Å²) in [6.07, 6.45) is 11.7. The Balaban J connectivity index is 1.35. The van der Waals surface area contributed by atoms with E-state index >= 15 is 0 Å². The molecule has 2 fully saturated rings. The average molecular weight is 312 g/mol. The van der Waals surface area contributed by atoms with Crippen molar-refractivity contribution in [3.63, 3.8) is 0 Å². The van der Waals surface area contributed by atoms with E-state index in [0.717, 1.165) is 50.7 Å². The summed E-state index contributed by atoms with van der Waals surface area (Å²) in [4.78, 5) is 19.3. The van der Waals surface area contributed by atoms with E-state index in [9.17, 15) is 0 Å². The zero-order valence-corrected chi connectivity index (χ0v) is 12.9. The average Bonchev–Trinajstić information content (AvgIpc) is 2.99. The molecule has 2 aliphatic rings. The molecule has 7 nitrogen and oxygen atoms in total. The highest BCUT2D eigenvalue weighted by Crippen LogP contribution is 2.37. The minimum absolute atomic E-state index is 0.0227. The molecule has 0 aromatic carbocycles. The maximum atomic E-state index is 6.17. The van der Waals surface area contributed by atoms with Gasteiger partial charge in [-0.05, 0) is 25.3 Å². The van der Waals surface area contributed by atoms with Crippen molar-refractivity contribution in [1.82, 2.24) is 19.9 Å². The summed E-state index contributed by atoms with van der Waals surface area (Å²) >= 11 is 0. The monoisotopic (exact) mass is 312 g/mol. The number of hydrogen-bond acceptors (Lipinski definition) is 7. The molecule has 0 amide bonds. The van der Waals surface area contributed by atoms with Gasteiger partial charge >= 0.3 is 0 Å². The molecule has 4 heterocycles. The van der Waals surface area contributed by atoms with Crippen LogP contribution >= 0.6 is 0 Å². The van der Waals surface area contributed by atoms with E-state index in [4.69, 9.17) is 4.74 Å². The van der Waals surface area contributed by atoms with Crippen molar-refractivity contribution in [1.29, 1.82) is 0 Å². The third kappa shape index (κ3) is 3.10. The van der Waals surface area contributed by atoms with Gasteiger partial charge in [0.05, 0.1) is 24.4 Å². The van der Waals surface area contributed by atoms with Gasteiger partial charge in [0, 0.05) is 37.9 Å². The third-order valence-corrected chi connectivity index (χ3v) is 4.63. The van der Waals surface area contributed by atoms with Gasteiger partial charge in [-0.15, -0.1) is 0 Å². The Morgan fingerprint density at radius 2 is 1.91 bits per heavy atom. The van der Waals surface area contributed by atoms with Crippen molar-refractivity contribution in [2.45, 2.75) is 30.9 Å². The summed E-state index contributed by atoms with van der Waals surface area (Å²) in [6.45, 7) is 2.59. The SMILES string of the molecule is c1cnc(N2CCC3(CC2)CC(Nc2cnccn2)CO3)nc1. The highest BCUT2D eigenvalue weighted by atomic mass is 16.5. The lowest BCUT2D eigenvalue weighted by Gasteiger charge is -2.38. The molecule has 0 radical (unpaired) electrons. The van der Waals surface area contributed by atoms with Crippen molar-refractivity contribution < 1.29 is 4.74 Å². The number of nitrogens with zero attached hydrogens (tertiary/aromatic N) is 5. The van der Waals surface area contributed by atoms with Crippen LogP contribution in [0, 0.1) is 0 Å². The van der Waals surface area contributed by atoms with Gasteiger partial charge in [-0.1, -0.05) is 0 Å². The third-order valence-electron chi connectivity index (χ3n) is 4.63. The Labute approximate surface area is 135 Å². The van der Waals surface area contributed by atoms with E-state index in [-0.39, 0.29) is 5.60 Å². The molecule has 120 valence electrons. The van der Waals surface area contributed by atoms with Gasteiger partial charge in [0.25, 0.3) is 0 Å². The highest BCUT2D eigenvalue weighted by Gasteiger charge is 2.43. The first kappa shape index (κ1) is 14.3. The molecule has 2 aromatic heterocycles. The Morgan fingerprint density at radius 3 is 2.65 bits per heavy atom. The Hall–Kier alpha value is -2.28.